The summed E-state index contributed by atoms with van der Waals surface area (Å²) >= 11 is 1.74. The Morgan fingerprint density at radius 3 is 2.44 bits per heavy atom. The van der Waals surface area contributed by atoms with Gasteiger partial charge in [-0.2, -0.15) is 0 Å². The summed E-state index contributed by atoms with van der Waals surface area (Å²) in [5.74, 6) is 1.70. The van der Waals surface area contributed by atoms with Crippen LogP contribution in [0, 0.1) is 0 Å². The summed E-state index contributed by atoms with van der Waals surface area (Å²) in [7, 11) is 1.66. The van der Waals surface area contributed by atoms with Crippen molar-refractivity contribution >= 4 is 11.8 Å². The monoisotopic (exact) mass is 260 g/mol. The minimum absolute atomic E-state index is 0.0223. The van der Waals surface area contributed by atoms with Gasteiger partial charge in [0.25, 0.3) is 0 Å². The molecule has 2 N–H and O–H groups in total. The lowest BCUT2D eigenvalue weighted by molar-refractivity contribution is 0.414. The fourth-order valence-electron chi connectivity index (χ4n) is 1.57. The quantitative estimate of drug-likeness (QED) is 0.840. The van der Waals surface area contributed by atoms with Gasteiger partial charge in [-0.3, -0.25) is 4.98 Å². The minimum Gasteiger partial charge on any atom is -0.497 e. The number of rotatable bonds is 5. The molecule has 1 atom stereocenters. The number of benzene rings is 1. The van der Waals surface area contributed by atoms with Crippen LogP contribution in [0.4, 0.5) is 0 Å². The molecule has 0 spiro atoms. The molecule has 0 aliphatic rings. The highest BCUT2D eigenvalue weighted by Crippen LogP contribution is 2.23. The van der Waals surface area contributed by atoms with Gasteiger partial charge in [0.15, 0.2) is 0 Å². The first-order chi connectivity index (χ1) is 8.79. The van der Waals surface area contributed by atoms with Gasteiger partial charge in [0, 0.05) is 29.1 Å². The van der Waals surface area contributed by atoms with E-state index in [4.69, 9.17) is 10.5 Å². The van der Waals surface area contributed by atoms with E-state index in [0.29, 0.717) is 0 Å². The standard InChI is InChI=1S/C14H16N2OS/c1-17-12-4-2-11(3-5-12)14(15)10-18-13-6-8-16-9-7-13/h2-9,14H,10,15H2,1H3. The highest BCUT2D eigenvalue weighted by Gasteiger charge is 2.06. The average Bonchev–Trinajstić information content (AvgIpc) is 2.46. The fraction of sp³-hybridized carbons (Fsp3) is 0.214. The number of hydrogen-bond acceptors (Lipinski definition) is 4. The summed E-state index contributed by atoms with van der Waals surface area (Å²) in [4.78, 5) is 5.18. The highest BCUT2D eigenvalue weighted by molar-refractivity contribution is 7.99. The first kappa shape index (κ1) is 12.9. The van der Waals surface area contributed by atoms with Crippen LogP contribution >= 0.6 is 11.8 Å². The molecule has 0 saturated heterocycles. The van der Waals surface area contributed by atoms with E-state index in [1.807, 2.05) is 36.4 Å². The van der Waals surface area contributed by atoms with Crippen LogP contribution in [0.25, 0.3) is 0 Å². The number of hydrogen-bond donors (Lipinski definition) is 1. The molecule has 1 unspecified atom stereocenters. The Morgan fingerprint density at radius 2 is 1.83 bits per heavy atom. The number of methoxy groups -OCH3 is 1. The van der Waals surface area contributed by atoms with Gasteiger partial charge in [-0.05, 0) is 29.8 Å². The number of thioether (sulfide) groups is 1. The summed E-state index contributed by atoms with van der Waals surface area (Å²) in [6, 6.07) is 11.9. The Balaban J connectivity index is 1.93. The number of ether oxygens (including phenoxy) is 1. The molecule has 0 fully saturated rings. The third-order valence-corrected chi connectivity index (χ3v) is 3.75. The van der Waals surface area contributed by atoms with Gasteiger partial charge in [-0.25, -0.2) is 0 Å². The van der Waals surface area contributed by atoms with Gasteiger partial charge < -0.3 is 10.5 Å². The molecule has 0 aliphatic carbocycles. The average molecular weight is 260 g/mol. The smallest absolute Gasteiger partial charge is 0.118 e. The van der Waals surface area contributed by atoms with Crippen LogP contribution in [-0.2, 0) is 0 Å². The number of pyridine rings is 1. The summed E-state index contributed by atoms with van der Waals surface area (Å²) in [5.41, 5.74) is 7.28. The number of nitrogens with zero attached hydrogens (tertiary/aromatic N) is 1. The van der Waals surface area contributed by atoms with Crippen LogP contribution in [0.1, 0.15) is 11.6 Å². The van der Waals surface area contributed by atoms with Gasteiger partial charge in [0.2, 0.25) is 0 Å². The third kappa shape index (κ3) is 3.48. The van der Waals surface area contributed by atoms with Crippen molar-refractivity contribution in [1.29, 1.82) is 0 Å². The first-order valence-corrected chi connectivity index (χ1v) is 6.70. The predicted octanol–water partition coefficient (Wildman–Crippen LogP) is 2.88. The van der Waals surface area contributed by atoms with Crippen molar-refractivity contribution in [3.05, 3.63) is 54.4 Å². The van der Waals surface area contributed by atoms with E-state index in [9.17, 15) is 0 Å². The van der Waals surface area contributed by atoms with Crippen LogP contribution in [0.2, 0.25) is 0 Å². The Labute approximate surface area is 111 Å². The molecule has 2 rings (SSSR count). The Hall–Kier alpha value is -1.52. The molecule has 3 nitrogen and oxygen atoms in total. The van der Waals surface area contributed by atoms with Crippen molar-refractivity contribution in [2.45, 2.75) is 10.9 Å². The molecule has 2 aromatic rings. The van der Waals surface area contributed by atoms with Gasteiger partial charge in [-0.15, -0.1) is 11.8 Å². The topological polar surface area (TPSA) is 48.1 Å². The van der Waals surface area contributed by atoms with E-state index < -0.39 is 0 Å². The summed E-state index contributed by atoms with van der Waals surface area (Å²) in [5, 5.41) is 0. The Kier molecular flexibility index (Phi) is 4.61. The molecule has 1 aromatic carbocycles. The zero-order valence-corrected chi connectivity index (χ0v) is 11.1. The van der Waals surface area contributed by atoms with E-state index >= 15 is 0 Å². The molecule has 0 amide bonds. The summed E-state index contributed by atoms with van der Waals surface area (Å²) in [6.07, 6.45) is 3.59. The zero-order valence-electron chi connectivity index (χ0n) is 10.2. The lowest BCUT2D eigenvalue weighted by atomic mass is 10.1. The van der Waals surface area contributed by atoms with Crippen LogP contribution in [0.3, 0.4) is 0 Å². The maximum Gasteiger partial charge on any atom is 0.118 e. The molecule has 94 valence electrons. The van der Waals surface area contributed by atoms with E-state index in [1.165, 1.54) is 4.90 Å². The molecule has 4 heteroatoms. The fourth-order valence-corrected chi connectivity index (χ4v) is 2.45. The van der Waals surface area contributed by atoms with Crippen molar-refractivity contribution in [2.75, 3.05) is 12.9 Å². The molecule has 18 heavy (non-hydrogen) atoms. The van der Waals surface area contributed by atoms with Crippen molar-refractivity contribution in [3.8, 4) is 5.75 Å². The van der Waals surface area contributed by atoms with Gasteiger partial charge >= 0.3 is 0 Å². The maximum absolute atomic E-state index is 6.16. The maximum atomic E-state index is 6.16. The van der Waals surface area contributed by atoms with E-state index in [2.05, 4.69) is 4.98 Å². The zero-order chi connectivity index (χ0) is 12.8. The molecule has 1 heterocycles. The van der Waals surface area contributed by atoms with E-state index in [0.717, 1.165) is 17.1 Å². The van der Waals surface area contributed by atoms with Crippen molar-refractivity contribution < 1.29 is 4.74 Å². The van der Waals surface area contributed by atoms with E-state index in [-0.39, 0.29) is 6.04 Å². The normalized spacial score (nSPS) is 12.1. The van der Waals surface area contributed by atoms with Gasteiger partial charge in [0.05, 0.1) is 7.11 Å². The minimum atomic E-state index is 0.0223. The molecule has 1 aromatic heterocycles. The second-order valence-corrected chi connectivity index (χ2v) is 4.97. The predicted molar refractivity (Wildman–Crippen MR) is 74.9 cm³/mol. The van der Waals surface area contributed by atoms with Gasteiger partial charge in [0.1, 0.15) is 5.75 Å². The van der Waals surface area contributed by atoms with E-state index in [1.54, 1.807) is 31.3 Å². The summed E-state index contributed by atoms with van der Waals surface area (Å²) < 4.78 is 5.13. The van der Waals surface area contributed by atoms with Crippen LogP contribution in [0.5, 0.6) is 5.75 Å². The number of aromatic nitrogens is 1. The molecule has 0 aliphatic heterocycles. The Morgan fingerprint density at radius 1 is 1.17 bits per heavy atom. The number of nitrogens with two attached hydrogens (primary N) is 1. The van der Waals surface area contributed by atoms with Crippen LogP contribution in [-0.4, -0.2) is 17.8 Å². The molecule has 0 bridgehead atoms. The summed E-state index contributed by atoms with van der Waals surface area (Å²) in [6.45, 7) is 0. The largest absolute Gasteiger partial charge is 0.497 e. The van der Waals surface area contributed by atoms with Crippen LogP contribution < -0.4 is 10.5 Å². The lowest BCUT2D eigenvalue weighted by Gasteiger charge is -2.12. The second kappa shape index (κ2) is 6.42. The van der Waals surface area contributed by atoms with Crippen LogP contribution in [0.15, 0.2) is 53.7 Å². The molecule has 0 radical (unpaired) electrons. The van der Waals surface area contributed by atoms with Crippen molar-refractivity contribution in [1.82, 2.24) is 4.98 Å². The van der Waals surface area contributed by atoms with Crippen molar-refractivity contribution in [3.63, 3.8) is 0 Å². The molecular formula is C14H16N2OS. The van der Waals surface area contributed by atoms with Crippen molar-refractivity contribution in [2.24, 2.45) is 5.73 Å². The SMILES string of the molecule is COc1ccc(C(N)CSc2ccncc2)cc1. The third-order valence-electron chi connectivity index (χ3n) is 2.62. The Bertz CT molecular complexity index is 473. The first-order valence-electron chi connectivity index (χ1n) is 5.72. The molecule has 0 saturated carbocycles. The second-order valence-electron chi connectivity index (χ2n) is 3.87. The highest BCUT2D eigenvalue weighted by atomic mass is 32.2. The molecular weight excluding hydrogens is 244 g/mol. The lowest BCUT2D eigenvalue weighted by Crippen LogP contribution is -2.12. The van der Waals surface area contributed by atoms with Gasteiger partial charge in [-0.1, -0.05) is 12.1 Å².